The van der Waals surface area contributed by atoms with E-state index < -0.39 is 132 Å². The van der Waals surface area contributed by atoms with E-state index in [2.05, 4.69) is 52.2 Å². The Bertz CT molecular complexity index is 2140. The van der Waals surface area contributed by atoms with E-state index in [0.29, 0.717) is 43.6 Å². The summed E-state index contributed by atoms with van der Waals surface area (Å²) in [6.07, 6.45) is 6.32. The fraction of sp³-hybridized carbons (Fsp3) is 0.714. The highest BCUT2D eigenvalue weighted by molar-refractivity contribution is 7.98. The zero-order valence-corrected chi connectivity index (χ0v) is 46.2. The van der Waals surface area contributed by atoms with Crippen molar-refractivity contribution in [3.63, 3.8) is 0 Å². The fourth-order valence-electron chi connectivity index (χ4n) is 8.40. The summed E-state index contributed by atoms with van der Waals surface area (Å²) in [5, 5.41) is 37.7. The molecule has 0 aromatic carbocycles. The first-order valence-corrected chi connectivity index (χ1v) is 27.6. The van der Waals surface area contributed by atoms with Crippen molar-refractivity contribution in [2.24, 2.45) is 45.7 Å². The lowest BCUT2D eigenvalue weighted by Gasteiger charge is -2.32. The van der Waals surface area contributed by atoms with Crippen molar-refractivity contribution in [1.29, 1.82) is 0 Å². The number of nitrogens with two attached hydrogens (primary N) is 4. The number of rotatable bonds is 36. The fourth-order valence-corrected chi connectivity index (χ4v) is 8.87. The molecule has 1 aliphatic heterocycles. The van der Waals surface area contributed by atoms with E-state index in [0.717, 1.165) is 0 Å². The number of carboxylic acid groups (broad SMARTS) is 2. The molecule has 10 atom stereocenters. The van der Waals surface area contributed by atoms with Crippen LogP contribution in [-0.2, 0) is 54.4 Å². The SMILES string of the molecule is CC[C@H](C)[C@H](NC(=O)[C@H](CC(=O)O)NC(=O)[C@H](CCCCN)NC(=O)[C@@H]1CCCN1C(=O)[C@H](CC(C)C)NC(=O)[C@H](CCSC)NC(=O)[C@@H](NC(=O)[C@H](Cc1cnc[nH]1)NC(=O)[C@@H](N)CCCN=C(N)N)C(C)C)C(=O)O. The molecule has 2 rings (SSSR count). The van der Waals surface area contributed by atoms with Gasteiger partial charge in [-0.25, -0.2) is 9.78 Å². The van der Waals surface area contributed by atoms with E-state index in [1.54, 1.807) is 27.7 Å². The molecule has 1 fully saturated rings. The minimum Gasteiger partial charge on any atom is -0.481 e. The third-order valence-electron chi connectivity index (χ3n) is 12.9. The molecule has 0 aliphatic carbocycles. The van der Waals surface area contributed by atoms with Crippen LogP contribution < -0.4 is 60.2 Å². The first-order chi connectivity index (χ1) is 36.3. The summed E-state index contributed by atoms with van der Waals surface area (Å²) >= 11 is 1.41. The molecule has 1 aromatic heterocycles. The summed E-state index contributed by atoms with van der Waals surface area (Å²) in [5.41, 5.74) is 23.1. The number of thioether (sulfide) groups is 1. The molecule has 1 saturated heterocycles. The van der Waals surface area contributed by atoms with Crippen LogP contribution in [0.4, 0.5) is 0 Å². The number of carbonyl (C=O) groups is 10. The number of likely N-dealkylation sites (tertiary alicyclic amines) is 1. The van der Waals surface area contributed by atoms with Crippen molar-refractivity contribution < 1.29 is 58.2 Å². The number of nitrogens with one attached hydrogen (secondary N) is 8. The van der Waals surface area contributed by atoms with Gasteiger partial charge in [-0.2, -0.15) is 11.8 Å². The Morgan fingerprint density at radius 1 is 0.766 bits per heavy atom. The van der Waals surface area contributed by atoms with Gasteiger partial charge in [0.1, 0.15) is 48.3 Å². The minimum absolute atomic E-state index is 0.0126. The van der Waals surface area contributed by atoms with Gasteiger partial charge in [0.25, 0.3) is 0 Å². The topological polar surface area (TPSA) is 444 Å². The van der Waals surface area contributed by atoms with Crippen molar-refractivity contribution in [2.75, 3.05) is 31.6 Å². The van der Waals surface area contributed by atoms with Gasteiger partial charge in [0.05, 0.1) is 18.8 Å². The number of H-pyrrole nitrogens is 1. The van der Waals surface area contributed by atoms with Crippen molar-refractivity contribution in [2.45, 2.75) is 173 Å². The number of aliphatic imine (C=N–C) groups is 1. The number of amides is 8. The van der Waals surface area contributed by atoms with Crippen LogP contribution >= 0.6 is 11.8 Å². The number of carboxylic acids is 2. The van der Waals surface area contributed by atoms with E-state index in [1.165, 1.54) is 29.2 Å². The normalized spacial score (nSPS) is 16.8. The summed E-state index contributed by atoms with van der Waals surface area (Å²) in [5.74, 6) is -9.76. The van der Waals surface area contributed by atoms with Crippen LogP contribution in [0.2, 0.25) is 0 Å². The summed E-state index contributed by atoms with van der Waals surface area (Å²) < 4.78 is 0. The maximum Gasteiger partial charge on any atom is 0.326 e. The highest BCUT2D eigenvalue weighted by Gasteiger charge is 2.41. The minimum atomic E-state index is -1.71. The molecule has 8 amide bonds. The quantitative estimate of drug-likeness (QED) is 0.0195. The van der Waals surface area contributed by atoms with Crippen LogP contribution in [0.15, 0.2) is 17.5 Å². The number of aromatic nitrogens is 2. The van der Waals surface area contributed by atoms with Gasteiger partial charge < -0.3 is 80.2 Å². The molecule has 0 saturated carbocycles. The molecule has 1 aromatic rings. The average Bonchev–Trinajstić information content (AvgIpc) is 4.08. The third kappa shape index (κ3) is 23.3. The Kier molecular flexibility index (Phi) is 29.6. The lowest BCUT2D eigenvalue weighted by atomic mass is 9.98. The van der Waals surface area contributed by atoms with E-state index in [9.17, 15) is 58.2 Å². The molecule has 2 heterocycles. The molecular formula is C49H85N15O12S. The van der Waals surface area contributed by atoms with Gasteiger partial charge in [0.15, 0.2) is 5.96 Å². The third-order valence-corrected chi connectivity index (χ3v) is 13.6. The summed E-state index contributed by atoms with van der Waals surface area (Å²) in [4.78, 5) is 147. The number of hydrogen-bond donors (Lipinski definition) is 14. The zero-order chi connectivity index (χ0) is 57.9. The number of carbonyl (C=O) groups excluding carboxylic acids is 8. The molecule has 1 aliphatic rings. The number of hydrogen-bond acceptors (Lipinski definition) is 15. The number of aliphatic carboxylic acids is 2. The van der Waals surface area contributed by atoms with Crippen molar-refractivity contribution in [3.05, 3.63) is 18.2 Å². The summed E-state index contributed by atoms with van der Waals surface area (Å²) in [6.45, 7) is 11.0. The number of unbranched alkanes of at least 4 members (excludes halogenated alkanes) is 1. The van der Waals surface area contributed by atoms with Gasteiger partial charge in [-0.1, -0.05) is 48.0 Å². The molecular weight excluding hydrogens is 1020 g/mol. The molecule has 0 spiro atoms. The molecule has 0 bridgehead atoms. The maximum atomic E-state index is 14.6. The standard InChI is InChI=1S/C49H85N15O12S/c1-8-28(6)39(48(75)76)63-44(71)34(23-37(65)66)60-41(68)31(14-9-10-17-50)57-45(72)36-15-12-19-64(36)47(74)35(21-26(2)3)61-42(69)32(16-20-77-7)58-46(73)38(27(4)5)62-43(70)33(22-29-24-54-25-56-29)59-40(67)30(51)13-11-18-55-49(52)53/h24-28,30-36,38-39H,8-23,50-51H2,1-7H3,(H,54,56)(H,57,72)(H,58,73)(H,59,67)(H,60,68)(H,61,69)(H,62,70)(H,63,71)(H,65,66)(H,75,76)(H4,52,53,55)/t28-,30-,31-,32-,33-,34-,35-,36-,38-,39-/m0/s1. The first-order valence-electron chi connectivity index (χ1n) is 26.2. The monoisotopic (exact) mass is 1110 g/mol. The van der Waals surface area contributed by atoms with E-state index in [4.69, 9.17) is 22.9 Å². The molecule has 0 unspecified atom stereocenters. The van der Waals surface area contributed by atoms with Crippen LogP contribution in [0.5, 0.6) is 0 Å². The maximum absolute atomic E-state index is 14.6. The Hall–Kier alpha value is -6.55. The number of guanidine groups is 1. The average molecular weight is 1110 g/mol. The van der Waals surface area contributed by atoms with E-state index in [1.807, 2.05) is 20.1 Å². The van der Waals surface area contributed by atoms with Crippen LogP contribution in [0, 0.1) is 17.8 Å². The number of nitrogens with zero attached hydrogens (tertiary/aromatic N) is 3. The molecule has 0 radical (unpaired) electrons. The van der Waals surface area contributed by atoms with E-state index in [-0.39, 0.29) is 70.0 Å². The molecule has 27 nitrogen and oxygen atoms in total. The Morgan fingerprint density at radius 2 is 1.36 bits per heavy atom. The van der Waals surface area contributed by atoms with Gasteiger partial charge in [-0.15, -0.1) is 0 Å². The lowest BCUT2D eigenvalue weighted by molar-refractivity contribution is -0.145. The van der Waals surface area contributed by atoms with Crippen molar-refractivity contribution >= 4 is 76.9 Å². The lowest BCUT2D eigenvalue weighted by Crippen LogP contribution is -2.61. The van der Waals surface area contributed by atoms with Crippen molar-refractivity contribution in [3.8, 4) is 0 Å². The second-order valence-electron chi connectivity index (χ2n) is 20.1. The molecule has 434 valence electrons. The van der Waals surface area contributed by atoms with Crippen LogP contribution in [0.1, 0.15) is 118 Å². The van der Waals surface area contributed by atoms with Gasteiger partial charge in [0.2, 0.25) is 47.3 Å². The zero-order valence-electron chi connectivity index (χ0n) is 45.4. The Morgan fingerprint density at radius 3 is 1.92 bits per heavy atom. The Balaban J connectivity index is 2.35. The van der Waals surface area contributed by atoms with Crippen LogP contribution in [0.3, 0.4) is 0 Å². The van der Waals surface area contributed by atoms with Crippen LogP contribution in [0.25, 0.3) is 0 Å². The predicted octanol–water partition coefficient (Wildman–Crippen LogP) is -2.09. The summed E-state index contributed by atoms with van der Waals surface area (Å²) in [7, 11) is 0. The van der Waals surface area contributed by atoms with Crippen molar-refractivity contribution in [1.82, 2.24) is 52.1 Å². The molecule has 28 heteroatoms. The molecule has 18 N–H and O–H groups in total. The second kappa shape index (κ2) is 34.3. The van der Waals surface area contributed by atoms with Gasteiger partial charge in [0, 0.05) is 31.4 Å². The second-order valence-corrected chi connectivity index (χ2v) is 21.1. The van der Waals surface area contributed by atoms with E-state index >= 15 is 0 Å². The first kappa shape index (κ1) is 66.6. The Labute approximate surface area is 454 Å². The smallest absolute Gasteiger partial charge is 0.326 e. The van der Waals surface area contributed by atoms with Gasteiger partial charge >= 0.3 is 11.9 Å². The predicted molar refractivity (Wildman–Crippen MR) is 288 cm³/mol. The highest BCUT2D eigenvalue weighted by atomic mass is 32.2. The molecule has 77 heavy (non-hydrogen) atoms. The number of imidazole rings is 1. The summed E-state index contributed by atoms with van der Waals surface area (Å²) in [6, 6.07) is -11.3. The largest absolute Gasteiger partial charge is 0.481 e. The van der Waals surface area contributed by atoms with Crippen LogP contribution in [-0.4, -0.2) is 176 Å². The van der Waals surface area contributed by atoms with Gasteiger partial charge in [-0.3, -0.25) is 48.1 Å². The number of aromatic amines is 1. The highest BCUT2D eigenvalue weighted by Crippen LogP contribution is 2.22. The van der Waals surface area contributed by atoms with Gasteiger partial charge in [-0.05, 0) is 94.1 Å².